The minimum atomic E-state index is -1.84. The van der Waals surface area contributed by atoms with Crippen LogP contribution in [-0.2, 0) is 11.1 Å². The molecule has 7 heavy (non-hydrogen) atoms. The maximum absolute atomic E-state index is 9.94. The molecule has 1 saturated heterocycles. The first-order valence-corrected chi connectivity index (χ1v) is 3.23. The van der Waals surface area contributed by atoms with Crippen molar-refractivity contribution < 1.29 is 8.76 Å². The molecule has 0 bridgehead atoms. The first kappa shape index (κ1) is 5.21. The van der Waals surface area contributed by atoms with E-state index in [0.29, 0.717) is 13.1 Å². The Morgan fingerprint density at radius 1 is 1.71 bits per heavy atom. The van der Waals surface area contributed by atoms with Crippen molar-refractivity contribution in [3.8, 4) is 0 Å². The molecule has 42 valence electrons. The maximum Gasteiger partial charge on any atom is 0.0465 e. The Kier molecular flexibility index (Phi) is 1.41. The van der Waals surface area contributed by atoms with E-state index in [1.54, 1.807) is 0 Å². The third-order valence-corrected chi connectivity index (χ3v) is 1.89. The van der Waals surface area contributed by atoms with Gasteiger partial charge in [-0.1, -0.05) is 0 Å². The normalized spacial score (nSPS) is 26.4. The standard InChI is InChI=1S/C3H7NO2S/c5-7(6)3-1-4-2-3/h3-4H,1-2H2,(H,5,6)/p-1. The predicted octanol–water partition coefficient (Wildman–Crippen LogP) is -1.16. The molecule has 0 aromatic carbocycles. The largest absolute Gasteiger partial charge is 0.772 e. The van der Waals surface area contributed by atoms with Gasteiger partial charge in [-0.15, -0.1) is 0 Å². The van der Waals surface area contributed by atoms with Crippen LogP contribution in [0.25, 0.3) is 0 Å². The molecule has 1 heterocycles. The molecule has 1 atom stereocenters. The second-order valence-corrected chi connectivity index (χ2v) is 2.73. The number of rotatable bonds is 1. The van der Waals surface area contributed by atoms with Crippen molar-refractivity contribution in [3.05, 3.63) is 0 Å². The highest BCUT2D eigenvalue weighted by atomic mass is 32.2. The molecule has 1 unspecified atom stereocenters. The second-order valence-electron chi connectivity index (χ2n) is 1.54. The summed E-state index contributed by atoms with van der Waals surface area (Å²) in [6.45, 7) is 1.27. The van der Waals surface area contributed by atoms with Crippen LogP contribution in [0.2, 0.25) is 0 Å². The van der Waals surface area contributed by atoms with Crippen LogP contribution < -0.4 is 5.32 Å². The van der Waals surface area contributed by atoms with E-state index in [0.717, 1.165) is 0 Å². The lowest BCUT2D eigenvalue weighted by Crippen LogP contribution is -2.49. The zero-order valence-electron chi connectivity index (χ0n) is 3.72. The highest BCUT2D eigenvalue weighted by Crippen LogP contribution is 1.97. The molecule has 0 radical (unpaired) electrons. The Balaban J connectivity index is 2.27. The first-order chi connectivity index (χ1) is 3.30. The third kappa shape index (κ3) is 0.992. The predicted molar refractivity (Wildman–Crippen MR) is 25.6 cm³/mol. The van der Waals surface area contributed by atoms with E-state index in [2.05, 4.69) is 5.32 Å². The van der Waals surface area contributed by atoms with E-state index in [9.17, 15) is 8.76 Å². The molecule has 0 spiro atoms. The van der Waals surface area contributed by atoms with Gasteiger partial charge in [-0.3, -0.25) is 4.21 Å². The Hall–Kier alpha value is 0.0700. The summed E-state index contributed by atoms with van der Waals surface area (Å²) in [6.07, 6.45) is 0. The van der Waals surface area contributed by atoms with Gasteiger partial charge in [-0.2, -0.15) is 0 Å². The van der Waals surface area contributed by atoms with Gasteiger partial charge in [-0.25, -0.2) is 0 Å². The second kappa shape index (κ2) is 1.90. The summed E-state index contributed by atoms with van der Waals surface area (Å²) < 4.78 is 19.9. The van der Waals surface area contributed by atoms with Crippen LogP contribution >= 0.6 is 0 Å². The van der Waals surface area contributed by atoms with Crippen LogP contribution in [0, 0.1) is 0 Å². The lowest BCUT2D eigenvalue weighted by molar-refractivity contribution is 0.466. The molecule has 0 aliphatic carbocycles. The zero-order valence-corrected chi connectivity index (χ0v) is 4.53. The summed E-state index contributed by atoms with van der Waals surface area (Å²) in [5, 5.41) is 2.74. The Labute approximate surface area is 44.4 Å². The number of nitrogens with one attached hydrogen (secondary N) is 1. The lowest BCUT2D eigenvalue weighted by atomic mass is 10.3. The Morgan fingerprint density at radius 3 is 2.29 bits per heavy atom. The van der Waals surface area contributed by atoms with E-state index >= 15 is 0 Å². The lowest BCUT2D eigenvalue weighted by Gasteiger charge is -2.28. The number of hydrogen-bond donors (Lipinski definition) is 1. The van der Waals surface area contributed by atoms with Gasteiger partial charge in [0.05, 0.1) is 0 Å². The number of hydrogen-bond acceptors (Lipinski definition) is 3. The topological polar surface area (TPSA) is 52.2 Å². The average molecular weight is 120 g/mol. The van der Waals surface area contributed by atoms with Crippen molar-refractivity contribution in [1.29, 1.82) is 0 Å². The Morgan fingerprint density at radius 2 is 2.29 bits per heavy atom. The summed E-state index contributed by atoms with van der Waals surface area (Å²) in [5.41, 5.74) is 0. The van der Waals surface area contributed by atoms with Gasteiger partial charge in [0.1, 0.15) is 0 Å². The fourth-order valence-electron chi connectivity index (χ4n) is 0.398. The van der Waals surface area contributed by atoms with Crippen molar-refractivity contribution in [2.75, 3.05) is 13.1 Å². The minimum Gasteiger partial charge on any atom is -0.772 e. The third-order valence-electron chi connectivity index (χ3n) is 1.02. The van der Waals surface area contributed by atoms with Gasteiger partial charge in [0, 0.05) is 18.3 Å². The summed E-state index contributed by atoms with van der Waals surface area (Å²) >= 11 is -1.84. The molecule has 0 aromatic rings. The van der Waals surface area contributed by atoms with Crippen molar-refractivity contribution in [1.82, 2.24) is 5.32 Å². The van der Waals surface area contributed by atoms with Crippen molar-refractivity contribution in [3.63, 3.8) is 0 Å². The summed E-state index contributed by atoms with van der Waals surface area (Å²) in [7, 11) is 0. The van der Waals surface area contributed by atoms with Crippen LogP contribution in [-0.4, -0.2) is 27.1 Å². The molecule has 4 heteroatoms. The van der Waals surface area contributed by atoms with Gasteiger partial charge in [0.2, 0.25) is 0 Å². The van der Waals surface area contributed by atoms with E-state index in [1.807, 2.05) is 0 Å². The first-order valence-electron chi connectivity index (χ1n) is 2.09. The molecule has 1 fully saturated rings. The molecule has 1 aliphatic rings. The Bertz CT molecular complexity index is 90.9. The SMILES string of the molecule is O=S([O-])C1CNC1. The van der Waals surface area contributed by atoms with E-state index in [4.69, 9.17) is 0 Å². The molecule has 1 aliphatic heterocycles. The van der Waals surface area contributed by atoms with Gasteiger partial charge < -0.3 is 9.87 Å². The maximum atomic E-state index is 9.94. The molecular weight excluding hydrogens is 114 g/mol. The van der Waals surface area contributed by atoms with Gasteiger partial charge in [-0.05, 0) is 11.1 Å². The van der Waals surface area contributed by atoms with E-state index in [-0.39, 0.29) is 5.25 Å². The molecular formula is C3H6NO2S-. The van der Waals surface area contributed by atoms with Crippen LogP contribution in [0.15, 0.2) is 0 Å². The minimum absolute atomic E-state index is 0.111. The highest BCUT2D eigenvalue weighted by Gasteiger charge is 2.16. The smallest absolute Gasteiger partial charge is 0.0465 e. The molecule has 3 nitrogen and oxygen atoms in total. The fourth-order valence-corrected chi connectivity index (χ4v) is 0.906. The molecule has 0 aromatic heterocycles. The van der Waals surface area contributed by atoms with E-state index in [1.165, 1.54) is 0 Å². The van der Waals surface area contributed by atoms with Gasteiger partial charge >= 0.3 is 0 Å². The van der Waals surface area contributed by atoms with Crippen LogP contribution in [0.4, 0.5) is 0 Å². The average Bonchev–Trinajstić information content (AvgIpc) is 1.23. The summed E-state index contributed by atoms with van der Waals surface area (Å²) in [6, 6.07) is 0. The van der Waals surface area contributed by atoms with Crippen LogP contribution in [0.1, 0.15) is 0 Å². The molecule has 1 rings (SSSR count). The van der Waals surface area contributed by atoms with Crippen LogP contribution in [0.5, 0.6) is 0 Å². The zero-order chi connectivity index (χ0) is 5.28. The van der Waals surface area contributed by atoms with Crippen molar-refractivity contribution >= 4 is 11.1 Å². The van der Waals surface area contributed by atoms with Gasteiger partial charge in [0.15, 0.2) is 0 Å². The van der Waals surface area contributed by atoms with Crippen LogP contribution in [0.3, 0.4) is 0 Å². The van der Waals surface area contributed by atoms with Crippen molar-refractivity contribution in [2.24, 2.45) is 0 Å². The van der Waals surface area contributed by atoms with Crippen molar-refractivity contribution in [2.45, 2.75) is 5.25 Å². The monoisotopic (exact) mass is 120 g/mol. The molecule has 0 amide bonds. The molecule has 1 N–H and O–H groups in total. The highest BCUT2D eigenvalue weighted by molar-refractivity contribution is 7.79. The quantitative estimate of drug-likeness (QED) is 0.444. The van der Waals surface area contributed by atoms with Gasteiger partial charge in [0.25, 0.3) is 0 Å². The fraction of sp³-hybridized carbons (Fsp3) is 1.00. The summed E-state index contributed by atoms with van der Waals surface area (Å²) in [5.74, 6) is 0. The van der Waals surface area contributed by atoms with E-state index < -0.39 is 11.1 Å². The molecule has 0 saturated carbocycles. The summed E-state index contributed by atoms with van der Waals surface area (Å²) in [4.78, 5) is 0.